The molecule has 2 aromatic rings. The first kappa shape index (κ1) is 21.9. The molecule has 0 aliphatic heterocycles. The molecule has 0 bridgehead atoms. The number of hydrogen-bond acceptors (Lipinski definition) is 4. The maximum Gasteiger partial charge on any atom is 0.246 e. The van der Waals surface area contributed by atoms with Crippen LogP contribution in [-0.4, -0.2) is 39.2 Å². The molecule has 0 aliphatic rings. The minimum Gasteiger partial charge on any atom is -0.496 e. The van der Waals surface area contributed by atoms with Gasteiger partial charge in [0.15, 0.2) is 11.5 Å². The molecule has 0 heterocycles. The quantitative estimate of drug-likeness (QED) is 0.570. The number of carbonyl (C=O) groups excluding carboxylic acids is 1. The van der Waals surface area contributed by atoms with E-state index in [9.17, 15) is 4.79 Å². The molecule has 7 heteroatoms. The zero-order chi connectivity index (χ0) is 20.8. The lowest BCUT2D eigenvalue weighted by Crippen LogP contribution is -2.28. The van der Waals surface area contributed by atoms with Crippen molar-refractivity contribution in [3.05, 3.63) is 57.6 Å². The van der Waals surface area contributed by atoms with Gasteiger partial charge in [-0.25, -0.2) is 0 Å². The van der Waals surface area contributed by atoms with E-state index in [0.717, 1.165) is 5.56 Å². The fraction of sp³-hybridized carbons (Fsp3) is 0.286. The van der Waals surface area contributed by atoms with E-state index in [2.05, 4.69) is 0 Å². The number of rotatable bonds is 7. The summed E-state index contributed by atoms with van der Waals surface area (Å²) in [6.45, 7) is 1.90. The van der Waals surface area contributed by atoms with Crippen LogP contribution in [0.1, 0.15) is 24.1 Å². The van der Waals surface area contributed by atoms with Gasteiger partial charge in [0, 0.05) is 34.8 Å². The molecule has 2 aromatic carbocycles. The minimum atomic E-state index is -0.228. The first-order valence-electron chi connectivity index (χ1n) is 8.52. The minimum absolute atomic E-state index is 0.185. The smallest absolute Gasteiger partial charge is 0.246 e. The van der Waals surface area contributed by atoms with Crippen LogP contribution >= 0.6 is 23.2 Å². The summed E-state index contributed by atoms with van der Waals surface area (Å²) in [6.07, 6.45) is 3.15. The normalized spacial score (nSPS) is 12.0. The van der Waals surface area contributed by atoms with Crippen molar-refractivity contribution in [2.24, 2.45) is 0 Å². The predicted octanol–water partition coefficient (Wildman–Crippen LogP) is 5.25. The molecule has 0 spiro atoms. The molecule has 28 heavy (non-hydrogen) atoms. The topological polar surface area (TPSA) is 48.0 Å². The molecule has 1 amide bonds. The van der Waals surface area contributed by atoms with Crippen molar-refractivity contribution >= 4 is 35.2 Å². The average Bonchev–Trinajstić information content (AvgIpc) is 2.70. The van der Waals surface area contributed by atoms with Gasteiger partial charge >= 0.3 is 0 Å². The van der Waals surface area contributed by atoms with Crippen LogP contribution in [0, 0.1) is 0 Å². The number of benzene rings is 2. The summed E-state index contributed by atoms with van der Waals surface area (Å²) in [6, 6.07) is 8.47. The van der Waals surface area contributed by atoms with Crippen LogP contribution in [0.2, 0.25) is 10.0 Å². The van der Waals surface area contributed by atoms with E-state index >= 15 is 0 Å². The highest BCUT2D eigenvalue weighted by atomic mass is 35.5. The number of hydrogen-bond donors (Lipinski definition) is 0. The van der Waals surface area contributed by atoms with Gasteiger partial charge in [-0.3, -0.25) is 4.79 Å². The van der Waals surface area contributed by atoms with E-state index in [0.29, 0.717) is 32.9 Å². The fourth-order valence-electron chi connectivity index (χ4n) is 2.70. The molecule has 1 atom stereocenters. The molecule has 0 aromatic heterocycles. The lowest BCUT2D eigenvalue weighted by atomic mass is 10.1. The molecule has 0 saturated heterocycles. The first-order chi connectivity index (χ1) is 13.3. The third-order valence-electron chi connectivity index (χ3n) is 4.48. The third kappa shape index (κ3) is 4.91. The van der Waals surface area contributed by atoms with Crippen LogP contribution in [0.5, 0.6) is 17.2 Å². The molecule has 0 aliphatic carbocycles. The second-order valence-electron chi connectivity index (χ2n) is 6.07. The van der Waals surface area contributed by atoms with Crippen LogP contribution in [0.15, 0.2) is 36.4 Å². The van der Waals surface area contributed by atoms with Crippen molar-refractivity contribution < 1.29 is 19.0 Å². The highest BCUT2D eigenvalue weighted by Gasteiger charge is 2.18. The van der Waals surface area contributed by atoms with E-state index in [-0.39, 0.29) is 11.9 Å². The van der Waals surface area contributed by atoms with E-state index in [1.165, 1.54) is 6.08 Å². The maximum absolute atomic E-state index is 12.7. The van der Waals surface area contributed by atoms with Crippen molar-refractivity contribution in [1.82, 2.24) is 4.90 Å². The summed E-state index contributed by atoms with van der Waals surface area (Å²) < 4.78 is 16.0. The summed E-state index contributed by atoms with van der Waals surface area (Å²) in [5, 5.41) is 1.07. The van der Waals surface area contributed by atoms with Gasteiger partial charge in [0.2, 0.25) is 5.91 Å². The number of ether oxygens (including phenoxy) is 3. The summed E-state index contributed by atoms with van der Waals surface area (Å²) >= 11 is 12.2. The summed E-state index contributed by atoms with van der Waals surface area (Å²) in [5.41, 5.74) is 1.51. The first-order valence-corrected chi connectivity index (χ1v) is 9.27. The Kier molecular flexibility index (Phi) is 7.61. The Morgan fingerprint density at radius 2 is 1.61 bits per heavy atom. The van der Waals surface area contributed by atoms with Crippen molar-refractivity contribution in [2.75, 3.05) is 28.4 Å². The molecular formula is C21H23Cl2NO4. The van der Waals surface area contributed by atoms with Gasteiger partial charge in [0.25, 0.3) is 0 Å². The van der Waals surface area contributed by atoms with E-state index in [4.69, 9.17) is 37.4 Å². The fourth-order valence-corrected chi connectivity index (χ4v) is 3.27. The third-order valence-corrected chi connectivity index (χ3v) is 5.04. The number of nitrogens with zero attached hydrogens (tertiary/aromatic N) is 1. The second-order valence-corrected chi connectivity index (χ2v) is 6.92. The molecule has 0 radical (unpaired) electrons. The van der Waals surface area contributed by atoms with Gasteiger partial charge in [-0.1, -0.05) is 29.3 Å². The number of amides is 1. The molecular weight excluding hydrogens is 401 g/mol. The van der Waals surface area contributed by atoms with Crippen molar-refractivity contribution in [3.8, 4) is 17.2 Å². The van der Waals surface area contributed by atoms with Gasteiger partial charge < -0.3 is 19.1 Å². The Hall–Kier alpha value is -2.37. The van der Waals surface area contributed by atoms with Crippen LogP contribution in [-0.2, 0) is 4.79 Å². The van der Waals surface area contributed by atoms with Crippen molar-refractivity contribution in [1.29, 1.82) is 0 Å². The summed E-state index contributed by atoms with van der Waals surface area (Å²) in [5.74, 6) is 1.48. The Labute approximate surface area is 175 Å². The highest BCUT2D eigenvalue weighted by Crippen LogP contribution is 2.35. The zero-order valence-electron chi connectivity index (χ0n) is 16.5. The lowest BCUT2D eigenvalue weighted by Gasteiger charge is -2.25. The van der Waals surface area contributed by atoms with Crippen LogP contribution in [0.25, 0.3) is 6.08 Å². The Morgan fingerprint density at radius 3 is 2.18 bits per heavy atom. The number of carbonyl (C=O) groups is 1. The van der Waals surface area contributed by atoms with Crippen molar-refractivity contribution in [3.63, 3.8) is 0 Å². The summed E-state index contributed by atoms with van der Waals surface area (Å²) in [4.78, 5) is 14.3. The molecule has 2 rings (SSSR count). The van der Waals surface area contributed by atoms with E-state index in [1.807, 2.05) is 13.0 Å². The Morgan fingerprint density at radius 1 is 1.00 bits per heavy atom. The predicted molar refractivity (Wildman–Crippen MR) is 113 cm³/mol. The van der Waals surface area contributed by atoms with Crippen molar-refractivity contribution in [2.45, 2.75) is 13.0 Å². The summed E-state index contributed by atoms with van der Waals surface area (Å²) in [7, 11) is 6.37. The number of halogens is 2. The molecule has 0 fully saturated rings. The molecule has 1 unspecified atom stereocenters. The SMILES string of the molecule is COc1cc(OC)c(OC)cc1C=CC(=O)N(C)C(C)c1ccc(Cl)cc1Cl. The number of likely N-dealkylation sites (N-methyl/N-ethyl adjacent to an activating group) is 1. The van der Waals surface area contributed by atoms with E-state index in [1.54, 1.807) is 63.6 Å². The van der Waals surface area contributed by atoms with Crippen LogP contribution in [0.4, 0.5) is 0 Å². The molecule has 0 N–H and O–H groups in total. The highest BCUT2D eigenvalue weighted by molar-refractivity contribution is 6.35. The standard InChI is InChI=1S/C21H23Cl2NO4/c1-13(16-8-7-15(22)11-17(16)23)24(2)21(25)9-6-14-10-19(27-4)20(28-5)12-18(14)26-3/h6-13H,1-5H3. The molecule has 0 saturated carbocycles. The molecule has 150 valence electrons. The maximum atomic E-state index is 12.7. The van der Waals surface area contributed by atoms with Gasteiger partial charge in [0.05, 0.1) is 27.4 Å². The van der Waals surface area contributed by atoms with Gasteiger partial charge in [-0.15, -0.1) is 0 Å². The second kappa shape index (κ2) is 9.71. The lowest BCUT2D eigenvalue weighted by molar-refractivity contribution is -0.126. The number of methoxy groups -OCH3 is 3. The largest absolute Gasteiger partial charge is 0.496 e. The Balaban J connectivity index is 2.24. The van der Waals surface area contributed by atoms with Gasteiger partial charge in [-0.05, 0) is 36.8 Å². The van der Waals surface area contributed by atoms with Crippen LogP contribution in [0.3, 0.4) is 0 Å². The Bertz CT molecular complexity index is 883. The monoisotopic (exact) mass is 423 g/mol. The zero-order valence-corrected chi connectivity index (χ0v) is 18.0. The van der Waals surface area contributed by atoms with E-state index < -0.39 is 0 Å². The van der Waals surface area contributed by atoms with Crippen LogP contribution < -0.4 is 14.2 Å². The average molecular weight is 424 g/mol. The van der Waals surface area contributed by atoms with Gasteiger partial charge in [0.1, 0.15) is 5.75 Å². The molecule has 5 nitrogen and oxygen atoms in total. The van der Waals surface area contributed by atoms with Gasteiger partial charge in [-0.2, -0.15) is 0 Å².